The molecule has 1 aromatic rings. The van der Waals surface area contributed by atoms with Gasteiger partial charge in [0.2, 0.25) is 0 Å². The van der Waals surface area contributed by atoms with Crippen molar-refractivity contribution in [3.8, 4) is 0 Å². The van der Waals surface area contributed by atoms with Crippen LogP contribution in [0.15, 0.2) is 22.7 Å². The van der Waals surface area contributed by atoms with Gasteiger partial charge in [0.05, 0.1) is 18.8 Å². The van der Waals surface area contributed by atoms with Gasteiger partial charge < -0.3 is 15.2 Å². The molecule has 1 fully saturated rings. The van der Waals surface area contributed by atoms with E-state index in [1.54, 1.807) is 0 Å². The van der Waals surface area contributed by atoms with Crippen molar-refractivity contribution in [2.75, 3.05) is 18.5 Å². The Morgan fingerprint density at radius 2 is 2.10 bits per heavy atom. The van der Waals surface area contributed by atoms with Gasteiger partial charge in [-0.25, -0.2) is 0 Å². The molecule has 1 saturated carbocycles. The summed E-state index contributed by atoms with van der Waals surface area (Å²) in [6.45, 7) is 2.98. The molecule has 1 unspecified atom stereocenters. The summed E-state index contributed by atoms with van der Waals surface area (Å²) in [5.41, 5.74) is 2.20. The number of anilines is 1. The maximum Gasteiger partial charge on any atom is 0.0945 e. The Labute approximate surface area is 129 Å². The van der Waals surface area contributed by atoms with E-state index >= 15 is 0 Å². The maximum absolute atomic E-state index is 10.00. The number of hydrogen-bond acceptors (Lipinski definition) is 3. The summed E-state index contributed by atoms with van der Waals surface area (Å²) < 4.78 is 6.84. The summed E-state index contributed by atoms with van der Waals surface area (Å²) in [6.07, 6.45) is 6.01. The Kier molecular flexibility index (Phi) is 6.33. The van der Waals surface area contributed by atoms with E-state index < -0.39 is 6.10 Å². The molecular weight excluding hydrogens is 318 g/mol. The van der Waals surface area contributed by atoms with Crippen LogP contribution in [-0.2, 0) is 4.74 Å². The van der Waals surface area contributed by atoms with Crippen LogP contribution in [0.5, 0.6) is 0 Å². The fourth-order valence-electron chi connectivity index (χ4n) is 2.55. The fraction of sp³-hybridized carbons (Fsp3) is 0.625. The molecule has 2 N–H and O–H groups in total. The molecule has 0 bridgehead atoms. The van der Waals surface area contributed by atoms with Crippen molar-refractivity contribution in [1.82, 2.24) is 0 Å². The van der Waals surface area contributed by atoms with E-state index in [1.165, 1.54) is 24.8 Å². The SMILES string of the molecule is Cc1cccc(NCC(O)COC2CCCCC2)c1Br. The van der Waals surface area contributed by atoms with E-state index in [0.717, 1.165) is 23.0 Å². The predicted molar refractivity (Wildman–Crippen MR) is 86.2 cm³/mol. The fourth-order valence-corrected chi connectivity index (χ4v) is 2.95. The van der Waals surface area contributed by atoms with Gasteiger partial charge in [-0.15, -0.1) is 0 Å². The van der Waals surface area contributed by atoms with Gasteiger partial charge in [-0.1, -0.05) is 31.4 Å². The molecule has 0 aliphatic heterocycles. The van der Waals surface area contributed by atoms with Gasteiger partial charge in [-0.05, 0) is 47.3 Å². The third kappa shape index (κ3) is 4.76. The van der Waals surface area contributed by atoms with Crippen LogP contribution in [0, 0.1) is 6.92 Å². The van der Waals surface area contributed by atoms with Crippen LogP contribution in [0.25, 0.3) is 0 Å². The van der Waals surface area contributed by atoms with Gasteiger partial charge in [0.25, 0.3) is 0 Å². The van der Waals surface area contributed by atoms with Crippen molar-refractivity contribution in [3.05, 3.63) is 28.2 Å². The molecule has 1 aromatic carbocycles. The number of nitrogens with one attached hydrogen (secondary N) is 1. The molecule has 4 heteroatoms. The number of aliphatic hydroxyl groups excluding tert-OH is 1. The molecule has 0 aromatic heterocycles. The van der Waals surface area contributed by atoms with Crippen molar-refractivity contribution >= 4 is 21.6 Å². The summed E-state index contributed by atoms with van der Waals surface area (Å²) in [5.74, 6) is 0. The Balaban J connectivity index is 1.71. The van der Waals surface area contributed by atoms with E-state index in [0.29, 0.717) is 19.3 Å². The minimum Gasteiger partial charge on any atom is -0.389 e. The first-order valence-corrected chi connectivity index (χ1v) is 8.25. The number of benzene rings is 1. The van der Waals surface area contributed by atoms with Crippen molar-refractivity contribution in [3.63, 3.8) is 0 Å². The number of aliphatic hydroxyl groups is 1. The molecule has 1 aliphatic carbocycles. The van der Waals surface area contributed by atoms with Gasteiger partial charge >= 0.3 is 0 Å². The average Bonchev–Trinajstić information content (AvgIpc) is 2.48. The van der Waals surface area contributed by atoms with E-state index in [1.807, 2.05) is 12.1 Å². The summed E-state index contributed by atoms with van der Waals surface area (Å²) in [5, 5.41) is 13.3. The third-order valence-electron chi connectivity index (χ3n) is 3.80. The second kappa shape index (κ2) is 8.01. The van der Waals surface area contributed by atoms with Crippen LogP contribution in [0.4, 0.5) is 5.69 Å². The first-order valence-electron chi connectivity index (χ1n) is 7.45. The summed E-state index contributed by atoms with van der Waals surface area (Å²) in [4.78, 5) is 0. The topological polar surface area (TPSA) is 41.5 Å². The molecule has 2 rings (SSSR count). The third-order valence-corrected chi connectivity index (χ3v) is 4.85. The van der Waals surface area contributed by atoms with E-state index in [4.69, 9.17) is 4.74 Å². The van der Waals surface area contributed by atoms with Crippen LogP contribution in [0.1, 0.15) is 37.7 Å². The van der Waals surface area contributed by atoms with Crippen molar-refractivity contribution in [1.29, 1.82) is 0 Å². The lowest BCUT2D eigenvalue weighted by Crippen LogP contribution is -2.28. The summed E-state index contributed by atoms with van der Waals surface area (Å²) >= 11 is 3.56. The second-order valence-electron chi connectivity index (χ2n) is 5.56. The largest absolute Gasteiger partial charge is 0.389 e. The van der Waals surface area contributed by atoms with E-state index in [-0.39, 0.29) is 0 Å². The van der Waals surface area contributed by atoms with Crippen molar-refractivity contribution in [2.24, 2.45) is 0 Å². The molecule has 20 heavy (non-hydrogen) atoms. The van der Waals surface area contributed by atoms with Gasteiger partial charge in [0, 0.05) is 16.7 Å². The quantitative estimate of drug-likeness (QED) is 0.824. The van der Waals surface area contributed by atoms with Crippen molar-refractivity contribution in [2.45, 2.75) is 51.2 Å². The molecule has 0 amide bonds. The van der Waals surface area contributed by atoms with E-state index in [9.17, 15) is 5.11 Å². The first kappa shape index (κ1) is 15.8. The predicted octanol–water partition coefficient (Wildman–Crippen LogP) is 3.88. The molecule has 3 nitrogen and oxygen atoms in total. The monoisotopic (exact) mass is 341 g/mol. The minimum atomic E-state index is -0.468. The lowest BCUT2D eigenvalue weighted by molar-refractivity contribution is -0.0195. The van der Waals surface area contributed by atoms with Crippen LogP contribution >= 0.6 is 15.9 Å². The number of aryl methyl sites for hydroxylation is 1. The Hall–Kier alpha value is -0.580. The lowest BCUT2D eigenvalue weighted by atomic mass is 9.98. The van der Waals surface area contributed by atoms with Crippen molar-refractivity contribution < 1.29 is 9.84 Å². The first-order chi connectivity index (χ1) is 9.66. The second-order valence-corrected chi connectivity index (χ2v) is 6.36. The van der Waals surface area contributed by atoms with Crippen LogP contribution < -0.4 is 5.32 Å². The van der Waals surface area contributed by atoms with Gasteiger partial charge in [-0.2, -0.15) is 0 Å². The number of rotatable bonds is 6. The highest BCUT2D eigenvalue weighted by Crippen LogP contribution is 2.25. The number of hydrogen-bond donors (Lipinski definition) is 2. The Morgan fingerprint density at radius 1 is 1.35 bits per heavy atom. The highest BCUT2D eigenvalue weighted by atomic mass is 79.9. The normalized spacial score (nSPS) is 17.9. The minimum absolute atomic E-state index is 0.351. The summed E-state index contributed by atoms with van der Waals surface area (Å²) in [7, 11) is 0. The molecule has 112 valence electrons. The van der Waals surface area contributed by atoms with Crippen LogP contribution in [0.2, 0.25) is 0 Å². The average molecular weight is 342 g/mol. The molecule has 0 saturated heterocycles. The molecular formula is C16H24BrNO2. The van der Waals surface area contributed by atoms with Gasteiger partial charge in [-0.3, -0.25) is 0 Å². The Morgan fingerprint density at radius 3 is 2.85 bits per heavy atom. The van der Waals surface area contributed by atoms with E-state index in [2.05, 4.69) is 34.2 Å². The molecule has 1 aliphatic rings. The van der Waals surface area contributed by atoms with Crippen LogP contribution in [-0.4, -0.2) is 30.5 Å². The zero-order valence-corrected chi connectivity index (χ0v) is 13.7. The smallest absolute Gasteiger partial charge is 0.0945 e. The standard InChI is InChI=1S/C16H24BrNO2/c1-12-6-5-9-15(16(12)17)18-10-13(19)11-20-14-7-3-2-4-8-14/h5-6,9,13-14,18-19H,2-4,7-8,10-11H2,1H3. The maximum atomic E-state index is 10.00. The number of halogens is 1. The van der Waals surface area contributed by atoms with Gasteiger partial charge in [0.1, 0.15) is 0 Å². The zero-order valence-electron chi connectivity index (χ0n) is 12.1. The summed E-state index contributed by atoms with van der Waals surface area (Å²) in [6, 6.07) is 6.07. The van der Waals surface area contributed by atoms with Crippen LogP contribution in [0.3, 0.4) is 0 Å². The zero-order chi connectivity index (χ0) is 14.4. The lowest BCUT2D eigenvalue weighted by Gasteiger charge is -2.23. The highest BCUT2D eigenvalue weighted by molar-refractivity contribution is 9.10. The molecule has 0 radical (unpaired) electrons. The molecule has 0 heterocycles. The molecule has 1 atom stereocenters. The molecule has 0 spiro atoms. The Bertz CT molecular complexity index is 419. The van der Waals surface area contributed by atoms with Gasteiger partial charge in [0.15, 0.2) is 0 Å². The number of ether oxygens (including phenoxy) is 1. The highest BCUT2D eigenvalue weighted by Gasteiger charge is 2.15.